The number of carboxylic acids is 2. The molecule has 1 aromatic heterocycles. The minimum absolute atomic E-state index is 0.0951. The minimum atomic E-state index is -5.08. The van der Waals surface area contributed by atoms with Gasteiger partial charge in [-0.25, -0.2) is 4.79 Å². The smallest absolute Gasteiger partial charge is 0.481 e. The second kappa shape index (κ2) is 14.6. The topological polar surface area (TPSA) is 104 Å². The number of rotatable bonds is 11. The Bertz CT molecular complexity index is 568. The summed E-state index contributed by atoms with van der Waals surface area (Å²) in [4.78, 5) is 32.1. The summed E-state index contributed by atoms with van der Waals surface area (Å²) in [5.74, 6) is -2.02. The van der Waals surface area contributed by atoms with E-state index in [-0.39, 0.29) is 12.3 Å². The maximum atomic E-state index is 11.5. The molecule has 0 spiro atoms. The average Bonchev–Trinajstić information content (AvgIpc) is 3.06. The van der Waals surface area contributed by atoms with Gasteiger partial charge in [-0.2, -0.15) is 13.2 Å². The zero-order valence-corrected chi connectivity index (χ0v) is 16.6. The van der Waals surface area contributed by atoms with Crippen molar-refractivity contribution in [2.24, 2.45) is 0 Å². The highest BCUT2D eigenvalue weighted by Crippen LogP contribution is 2.21. The summed E-state index contributed by atoms with van der Waals surface area (Å²) < 4.78 is 31.7. The number of carbonyl (C=O) groups is 3. The number of nitrogens with one attached hydrogen (secondary N) is 1. The molecular formula is C15H20F3NO5S3. The van der Waals surface area contributed by atoms with Crippen molar-refractivity contribution < 1.29 is 37.8 Å². The Labute approximate surface area is 166 Å². The van der Waals surface area contributed by atoms with Gasteiger partial charge in [-0.05, 0) is 24.3 Å². The number of aryl methyl sites for hydroxylation is 1. The Morgan fingerprint density at radius 2 is 1.74 bits per heavy atom. The lowest BCUT2D eigenvalue weighted by Gasteiger charge is -2.04. The molecule has 0 unspecified atom stereocenters. The Morgan fingerprint density at radius 1 is 1.11 bits per heavy atom. The van der Waals surface area contributed by atoms with Crippen LogP contribution in [-0.2, 0) is 20.8 Å². The van der Waals surface area contributed by atoms with Crippen LogP contribution in [0.5, 0.6) is 0 Å². The number of aliphatic carboxylic acids is 2. The third-order valence-corrected chi connectivity index (χ3v) is 5.98. The summed E-state index contributed by atoms with van der Waals surface area (Å²) >= 11 is 1.73. The highest BCUT2D eigenvalue weighted by atomic mass is 33.1. The molecule has 1 heterocycles. The molecule has 1 rings (SSSR count). The number of hydrogen-bond acceptors (Lipinski definition) is 6. The summed E-state index contributed by atoms with van der Waals surface area (Å²) in [6, 6.07) is 4.12. The van der Waals surface area contributed by atoms with E-state index in [0.29, 0.717) is 18.7 Å². The maximum Gasteiger partial charge on any atom is 0.490 e. The molecule has 0 aliphatic rings. The van der Waals surface area contributed by atoms with Crippen LogP contribution in [0.3, 0.4) is 0 Å². The molecule has 1 aromatic rings. The van der Waals surface area contributed by atoms with Crippen molar-refractivity contribution in [2.75, 3.05) is 18.1 Å². The molecule has 27 heavy (non-hydrogen) atoms. The quantitative estimate of drug-likeness (QED) is 0.351. The second-order valence-corrected chi connectivity index (χ2v) is 8.61. The fourth-order valence-corrected chi connectivity index (χ4v) is 4.08. The van der Waals surface area contributed by atoms with Gasteiger partial charge in [0.05, 0.1) is 6.42 Å². The van der Waals surface area contributed by atoms with Crippen LogP contribution in [0.15, 0.2) is 17.5 Å². The van der Waals surface area contributed by atoms with Crippen LogP contribution in [0.25, 0.3) is 0 Å². The van der Waals surface area contributed by atoms with Gasteiger partial charge in [0, 0.05) is 29.3 Å². The molecule has 0 fully saturated rings. The normalized spacial score (nSPS) is 10.6. The van der Waals surface area contributed by atoms with Crippen LogP contribution < -0.4 is 5.32 Å². The van der Waals surface area contributed by atoms with E-state index in [1.54, 1.807) is 22.1 Å². The molecule has 154 valence electrons. The monoisotopic (exact) mass is 447 g/mol. The van der Waals surface area contributed by atoms with Crippen molar-refractivity contribution >= 4 is 50.8 Å². The predicted octanol–water partition coefficient (Wildman–Crippen LogP) is 3.68. The highest BCUT2D eigenvalue weighted by molar-refractivity contribution is 8.76. The molecule has 0 atom stereocenters. The number of thiophene rings is 1. The van der Waals surface area contributed by atoms with Gasteiger partial charge < -0.3 is 15.5 Å². The van der Waals surface area contributed by atoms with Gasteiger partial charge in [0.25, 0.3) is 0 Å². The molecule has 0 saturated carbocycles. The van der Waals surface area contributed by atoms with Gasteiger partial charge in [-0.3, -0.25) is 9.59 Å². The van der Waals surface area contributed by atoms with Crippen LogP contribution >= 0.6 is 32.9 Å². The summed E-state index contributed by atoms with van der Waals surface area (Å²) in [6.07, 6.45) is -2.49. The van der Waals surface area contributed by atoms with Gasteiger partial charge in [0.1, 0.15) is 0 Å². The van der Waals surface area contributed by atoms with E-state index in [2.05, 4.69) is 16.8 Å². The van der Waals surface area contributed by atoms with Crippen LogP contribution in [0.1, 0.15) is 24.1 Å². The number of carbonyl (C=O) groups excluding carboxylic acids is 1. The molecule has 0 aliphatic heterocycles. The molecule has 0 bridgehead atoms. The molecule has 0 aliphatic carbocycles. The molecule has 3 N–H and O–H groups in total. The Morgan fingerprint density at radius 3 is 2.26 bits per heavy atom. The standard InChI is InChI=1S/C13H19NO3S3.C2HF3O2/c15-12(5-1-3-11-4-2-8-18-11)14-7-10-20-19-9-6-13(16)17;3-2(4,5)1(6)7/h2,4,8H,1,3,5-7,9-10H2,(H,14,15)(H,16,17);(H,6,7). The van der Waals surface area contributed by atoms with E-state index >= 15 is 0 Å². The predicted molar refractivity (Wildman–Crippen MR) is 101 cm³/mol. The number of alkyl halides is 3. The average molecular weight is 448 g/mol. The highest BCUT2D eigenvalue weighted by Gasteiger charge is 2.38. The van der Waals surface area contributed by atoms with E-state index in [0.717, 1.165) is 18.6 Å². The second-order valence-electron chi connectivity index (χ2n) is 4.87. The lowest BCUT2D eigenvalue weighted by atomic mass is 10.2. The summed E-state index contributed by atoms with van der Waals surface area (Å²) in [7, 11) is 3.13. The van der Waals surface area contributed by atoms with E-state index in [4.69, 9.17) is 15.0 Å². The number of amides is 1. The fourth-order valence-electron chi connectivity index (χ4n) is 1.45. The molecular weight excluding hydrogens is 427 g/mol. The largest absolute Gasteiger partial charge is 0.490 e. The van der Waals surface area contributed by atoms with E-state index in [9.17, 15) is 22.8 Å². The maximum absolute atomic E-state index is 11.5. The first kappa shape index (κ1) is 25.6. The Balaban J connectivity index is 0.000000821. The van der Waals surface area contributed by atoms with Crippen molar-refractivity contribution in [3.63, 3.8) is 0 Å². The van der Waals surface area contributed by atoms with Gasteiger partial charge >= 0.3 is 18.1 Å². The molecule has 1 amide bonds. The molecule has 6 nitrogen and oxygen atoms in total. The summed E-state index contributed by atoms with van der Waals surface area (Å²) in [5, 5.41) is 20.5. The Hall–Kier alpha value is -1.40. The first-order valence-corrected chi connectivity index (χ1v) is 11.0. The first-order valence-electron chi connectivity index (χ1n) is 7.68. The SMILES string of the molecule is O=C(O)C(F)(F)F.O=C(O)CCSSCCNC(=O)CCCc1cccs1. The number of hydrogen-bond donors (Lipinski definition) is 3. The zero-order valence-electron chi connectivity index (χ0n) is 14.2. The van der Waals surface area contributed by atoms with Crippen molar-refractivity contribution in [2.45, 2.75) is 31.9 Å². The lowest BCUT2D eigenvalue weighted by Crippen LogP contribution is -2.25. The van der Waals surface area contributed by atoms with E-state index < -0.39 is 18.1 Å². The first-order chi connectivity index (χ1) is 12.6. The van der Waals surface area contributed by atoms with Crippen molar-refractivity contribution in [1.29, 1.82) is 0 Å². The molecule has 0 saturated heterocycles. The lowest BCUT2D eigenvalue weighted by molar-refractivity contribution is -0.192. The molecule has 0 radical (unpaired) electrons. The molecule has 0 aromatic carbocycles. The van der Waals surface area contributed by atoms with Crippen molar-refractivity contribution in [1.82, 2.24) is 5.32 Å². The summed E-state index contributed by atoms with van der Waals surface area (Å²) in [5.41, 5.74) is 0. The van der Waals surface area contributed by atoms with Crippen molar-refractivity contribution in [3.05, 3.63) is 22.4 Å². The third-order valence-electron chi connectivity index (χ3n) is 2.64. The van der Waals surface area contributed by atoms with E-state index in [1.165, 1.54) is 15.7 Å². The van der Waals surface area contributed by atoms with Crippen LogP contribution in [0.2, 0.25) is 0 Å². The molecule has 12 heteroatoms. The third kappa shape index (κ3) is 16.5. The zero-order chi connectivity index (χ0) is 20.7. The van der Waals surface area contributed by atoms with Gasteiger partial charge in [0.15, 0.2) is 0 Å². The minimum Gasteiger partial charge on any atom is -0.481 e. The number of halogens is 3. The fraction of sp³-hybridized carbons (Fsp3) is 0.533. The van der Waals surface area contributed by atoms with Crippen molar-refractivity contribution in [3.8, 4) is 0 Å². The van der Waals surface area contributed by atoms with Gasteiger partial charge in [0.2, 0.25) is 5.91 Å². The van der Waals surface area contributed by atoms with Crippen LogP contribution in [0.4, 0.5) is 13.2 Å². The van der Waals surface area contributed by atoms with Gasteiger partial charge in [-0.1, -0.05) is 27.7 Å². The Kier molecular flexibility index (Phi) is 13.9. The van der Waals surface area contributed by atoms with E-state index in [1.807, 2.05) is 6.07 Å². The van der Waals surface area contributed by atoms with Crippen LogP contribution in [-0.4, -0.2) is 52.3 Å². The van der Waals surface area contributed by atoms with Crippen LogP contribution in [0, 0.1) is 0 Å². The number of carboxylic acid groups (broad SMARTS) is 2. The summed E-state index contributed by atoms with van der Waals surface area (Å²) in [6.45, 7) is 0.641. The van der Waals surface area contributed by atoms with Gasteiger partial charge in [-0.15, -0.1) is 11.3 Å².